The van der Waals surface area contributed by atoms with Gasteiger partial charge in [0.2, 0.25) is 0 Å². The van der Waals surface area contributed by atoms with Gasteiger partial charge in [0.05, 0.1) is 6.26 Å². The molecule has 1 fully saturated rings. The minimum Gasteiger partial charge on any atom is -0.464 e. The number of hydrazine groups is 1. The second kappa shape index (κ2) is 9.54. The third-order valence-electron chi connectivity index (χ3n) is 4.64. The van der Waals surface area contributed by atoms with Gasteiger partial charge in [-0.1, -0.05) is 6.42 Å². The highest BCUT2D eigenvalue weighted by molar-refractivity contribution is 7.80. The van der Waals surface area contributed by atoms with E-state index in [1.165, 1.54) is 32.4 Å². The second-order valence-electron chi connectivity index (χ2n) is 6.62. The van der Waals surface area contributed by atoms with Crippen LogP contribution in [0.3, 0.4) is 0 Å². The van der Waals surface area contributed by atoms with Gasteiger partial charge in [0.25, 0.3) is 5.91 Å². The molecule has 26 heavy (non-hydrogen) atoms. The SMILES string of the molecule is O=C(NNC(=S)NCCCCN1CCCCC1)c1ccc2occc2c1. The van der Waals surface area contributed by atoms with Crippen LogP contribution in [0.25, 0.3) is 11.0 Å². The third-order valence-corrected chi connectivity index (χ3v) is 4.89. The van der Waals surface area contributed by atoms with Crippen LogP contribution in [0.4, 0.5) is 0 Å². The number of fused-ring (bicyclic) bond motifs is 1. The number of likely N-dealkylation sites (tertiary alicyclic amines) is 1. The quantitative estimate of drug-likeness (QED) is 0.410. The number of carbonyl (C=O) groups excluding carboxylic acids is 1. The molecule has 6 nitrogen and oxygen atoms in total. The molecule has 0 radical (unpaired) electrons. The Labute approximate surface area is 159 Å². The van der Waals surface area contributed by atoms with Gasteiger partial charge in [0, 0.05) is 17.5 Å². The van der Waals surface area contributed by atoms with E-state index >= 15 is 0 Å². The number of furan rings is 1. The molecule has 1 aromatic heterocycles. The van der Waals surface area contributed by atoms with Gasteiger partial charge in [-0.2, -0.15) is 0 Å². The summed E-state index contributed by atoms with van der Waals surface area (Å²) < 4.78 is 5.27. The van der Waals surface area contributed by atoms with E-state index in [4.69, 9.17) is 16.6 Å². The smallest absolute Gasteiger partial charge is 0.269 e. The second-order valence-corrected chi connectivity index (χ2v) is 7.03. The largest absolute Gasteiger partial charge is 0.464 e. The molecule has 1 aliphatic rings. The van der Waals surface area contributed by atoms with Gasteiger partial charge in [-0.3, -0.25) is 15.6 Å². The Balaban J connectivity index is 1.30. The van der Waals surface area contributed by atoms with Crippen LogP contribution < -0.4 is 16.2 Å². The molecule has 3 N–H and O–H groups in total. The van der Waals surface area contributed by atoms with E-state index in [2.05, 4.69) is 21.1 Å². The number of nitrogens with one attached hydrogen (secondary N) is 3. The van der Waals surface area contributed by atoms with Crippen LogP contribution in [0.2, 0.25) is 0 Å². The van der Waals surface area contributed by atoms with Gasteiger partial charge >= 0.3 is 0 Å². The number of rotatable bonds is 6. The molecule has 1 amide bonds. The lowest BCUT2D eigenvalue weighted by Crippen LogP contribution is -2.47. The molecular formula is C19H26N4O2S. The molecule has 7 heteroatoms. The van der Waals surface area contributed by atoms with Crippen LogP contribution in [0.15, 0.2) is 34.9 Å². The predicted molar refractivity (Wildman–Crippen MR) is 107 cm³/mol. The molecule has 0 spiro atoms. The van der Waals surface area contributed by atoms with E-state index < -0.39 is 0 Å². The Kier molecular flexibility index (Phi) is 6.85. The van der Waals surface area contributed by atoms with Crippen molar-refractivity contribution in [3.8, 4) is 0 Å². The summed E-state index contributed by atoms with van der Waals surface area (Å²) in [6, 6.07) is 7.12. The highest BCUT2D eigenvalue weighted by Gasteiger charge is 2.09. The highest BCUT2D eigenvalue weighted by atomic mass is 32.1. The van der Waals surface area contributed by atoms with Crippen LogP contribution in [0.5, 0.6) is 0 Å². The molecule has 0 unspecified atom stereocenters. The van der Waals surface area contributed by atoms with Gasteiger partial charge in [-0.25, -0.2) is 0 Å². The summed E-state index contributed by atoms with van der Waals surface area (Å²) in [6.07, 6.45) is 7.86. The fraction of sp³-hybridized carbons (Fsp3) is 0.474. The van der Waals surface area contributed by atoms with Crippen molar-refractivity contribution in [1.82, 2.24) is 21.1 Å². The molecule has 2 aromatic rings. The maximum Gasteiger partial charge on any atom is 0.269 e. The van der Waals surface area contributed by atoms with Crippen molar-refractivity contribution in [3.63, 3.8) is 0 Å². The number of nitrogens with zero attached hydrogens (tertiary/aromatic N) is 1. The molecule has 2 heterocycles. The minimum absolute atomic E-state index is 0.234. The Morgan fingerprint density at radius 1 is 1.12 bits per heavy atom. The van der Waals surface area contributed by atoms with E-state index in [1.54, 1.807) is 24.5 Å². The fourth-order valence-electron chi connectivity index (χ4n) is 3.18. The summed E-state index contributed by atoms with van der Waals surface area (Å²) in [5, 5.41) is 4.45. The molecule has 0 aliphatic carbocycles. The first-order chi connectivity index (χ1) is 12.7. The summed E-state index contributed by atoms with van der Waals surface area (Å²) in [4.78, 5) is 14.7. The number of thiocarbonyl (C=S) groups is 1. The zero-order chi connectivity index (χ0) is 18.2. The number of unbranched alkanes of at least 4 members (excludes halogenated alkanes) is 1. The minimum atomic E-state index is -0.234. The number of amides is 1. The standard InChI is InChI=1S/C19H26N4O2S/c24-18(16-6-7-17-15(14-16)8-13-25-17)21-22-19(26)20-9-2-5-12-23-10-3-1-4-11-23/h6-8,13-14H,1-5,9-12H2,(H,21,24)(H2,20,22,26). The first-order valence-electron chi connectivity index (χ1n) is 9.26. The fourth-order valence-corrected chi connectivity index (χ4v) is 3.34. The van der Waals surface area contributed by atoms with Crippen molar-refractivity contribution in [2.45, 2.75) is 32.1 Å². The van der Waals surface area contributed by atoms with E-state index in [-0.39, 0.29) is 5.91 Å². The first-order valence-corrected chi connectivity index (χ1v) is 9.67. The van der Waals surface area contributed by atoms with Crippen molar-refractivity contribution in [1.29, 1.82) is 0 Å². The monoisotopic (exact) mass is 374 g/mol. The van der Waals surface area contributed by atoms with Crippen LogP contribution >= 0.6 is 12.2 Å². The summed E-state index contributed by atoms with van der Waals surface area (Å²) in [5.41, 5.74) is 6.68. The maximum atomic E-state index is 12.2. The number of benzene rings is 1. The van der Waals surface area contributed by atoms with E-state index in [9.17, 15) is 4.79 Å². The molecule has 0 atom stereocenters. The van der Waals surface area contributed by atoms with E-state index in [0.717, 1.165) is 36.9 Å². The summed E-state index contributed by atoms with van der Waals surface area (Å²) in [6.45, 7) is 4.44. The normalized spacial score (nSPS) is 14.9. The van der Waals surface area contributed by atoms with Gasteiger partial charge in [-0.15, -0.1) is 0 Å². The Morgan fingerprint density at radius 2 is 1.96 bits per heavy atom. The Hall–Kier alpha value is -2.12. The number of piperidine rings is 1. The zero-order valence-corrected chi connectivity index (χ0v) is 15.7. The summed E-state index contributed by atoms with van der Waals surface area (Å²) in [7, 11) is 0. The number of carbonyl (C=O) groups is 1. The predicted octanol–water partition coefficient (Wildman–Crippen LogP) is 2.81. The van der Waals surface area contributed by atoms with Crippen LogP contribution in [0, 0.1) is 0 Å². The molecular weight excluding hydrogens is 348 g/mol. The molecule has 1 saturated heterocycles. The number of hydrogen-bond acceptors (Lipinski definition) is 4. The summed E-state index contributed by atoms with van der Waals surface area (Å²) in [5.74, 6) is -0.234. The average molecular weight is 375 g/mol. The van der Waals surface area contributed by atoms with Gasteiger partial charge in [-0.05, 0) is 81.8 Å². The van der Waals surface area contributed by atoms with E-state index in [0.29, 0.717) is 10.7 Å². The lowest BCUT2D eigenvalue weighted by Gasteiger charge is -2.26. The number of hydrogen-bond donors (Lipinski definition) is 3. The highest BCUT2D eigenvalue weighted by Crippen LogP contribution is 2.16. The molecule has 0 bridgehead atoms. The lowest BCUT2D eigenvalue weighted by atomic mass is 10.1. The maximum absolute atomic E-state index is 12.2. The van der Waals surface area contributed by atoms with Crippen LogP contribution in [-0.4, -0.2) is 42.1 Å². The molecule has 1 aliphatic heterocycles. The average Bonchev–Trinajstić information content (AvgIpc) is 3.14. The zero-order valence-electron chi connectivity index (χ0n) is 14.9. The van der Waals surface area contributed by atoms with Crippen molar-refractivity contribution >= 4 is 34.2 Å². The van der Waals surface area contributed by atoms with Gasteiger partial charge < -0.3 is 14.6 Å². The van der Waals surface area contributed by atoms with E-state index in [1.807, 2.05) is 6.07 Å². The molecule has 140 valence electrons. The lowest BCUT2D eigenvalue weighted by molar-refractivity contribution is 0.0944. The molecule has 0 saturated carbocycles. The van der Waals surface area contributed by atoms with Crippen molar-refractivity contribution < 1.29 is 9.21 Å². The Morgan fingerprint density at radius 3 is 2.81 bits per heavy atom. The van der Waals surface area contributed by atoms with Crippen LogP contribution in [0.1, 0.15) is 42.5 Å². The molecule has 1 aromatic carbocycles. The van der Waals surface area contributed by atoms with Gasteiger partial charge in [0.1, 0.15) is 5.58 Å². The first kappa shape index (κ1) is 18.7. The van der Waals surface area contributed by atoms with Gasteiger partial charge in [0.15, 0.2) is 5.11 Å². The topological polar surface area (TPSA) is 69.5 Å². The van der Waals surface area contributed by atoms with Crippen molar-refractivity contribution in [2.24, 2.45) is 0 Å². The summed E-state index contributed by atoms with van der Waals surface area (Å²) >= 11 is 5.20. The van der Waals surface area contributed by atoms with Crippen LogP contribution in [-0.2, 0) is 0 Å². The molecule has 3 rings (SSSR count). The van der Waals surface area contributed by atoms with Crippen molar-refractivity contribution in [2.75, 3.05) is 26.2 Å². The Bertz CT molecular complexity index is 740. The van der Waals surface area contributed by atoms with Crippen molar-refractivity contribution in [3.05, 3.63) is 36.1 Å². The third kappa shape index (κ3) is 5.44.